The van der Waals surface area contributed by atoms with Gasteiger partial charge >= 0.3 is 10.1 Å². The average Bonchev–Trinajstić information content (AvgIpc) is 2.64. The number of aryl methyl sites for hydroxylation is 1. The topological polar surface area (TPSA) is 65.5 Å². The van der Waals surface area contributed by atoms with Gasteiger partial charge in [0.2, 0.25) is 0 Å². The van der Waals surface area contributed by atoms with E-state index in [-0.39, 0.29) is 22.3 Å². The van der Waals surface area contributed by atoms with Crippen LogP contribution in [-0.2, 0) is 10.1 Å². The van der Waals surface area contributed by atoms with Crippen LogP contribution in [0.5, 0.6) is 11.5 Å². The van der Waals surface area contributed by atoms with Crippen molar-refractivity contribution in [2.45, 2.75) is 31.6 Å². The molecule has 0 saturated heterocycles. The van der Waals surface area contributed by atoms with E-state index in [1.807, 2.05) is 26.8 Å². The highest BCUT2D eigenvalue weighted by atomic mass is 79.9. The van der Waals surface area contributed by atoms with Crippen LogP contribution in [0.4, 0.5) is 0 Å². The van der Waals surface area contributed by atoms with Gasteiger partial charge in [-0.15, -0.1) is 0 Å². The molecular formula is C20H19Br2NO4S. The van der Waals surface area contributed by atoms with Crippen molar-refractivity contribution in [1.29, 1.82) is 0 Å². The average molecular weight is 529 g/mol. The van der Waals surface area contributed by atoms with Crippen molar-refractivity contribution in [3.05, 3.63) is 56.6 Å². The van der Waals surface area contributed by atoms with Crippen molar-refractivity contribution in [3.63, 3.8) is 0 Å². The van der Waals surface area contributed by atoms with Crippen molar-refractivity contribution in [3.8, 4) is 11.5 Å². The molecule has 0 atom stereocenters. The first kappa shape index (κ1) is 21.1. The van der Waals surface area contributed by atoms with Crippen LogP contribution in [0.1, 0.15) is 30.9 Å². The summed E-state index contributed by atoms with van der Waals surface area (Å²) in [6.07, 6.45) is 1.59. The van der Waals surface area contributed by atoms with E-state index in [4.69, 9.17) is 8.92 Å². The predicted molar refractivity (Wildman–Crippen MR) is 117 cm³/mol. The maximum absolute atomic E-state index is 13.2. The van der Waals surface area contributed by atoms with Crippen LogP contribution in [0, 0.1) is 6.92 Å². The minimum atomic E-state index is -4.17. The molecule has 3 rings (SSSR count). The minimum absolute atomic E-state index is 0.0109. The van der Waals surface area contributed by atoms with Gasteiger partial charge in [0.15, 0.2) is 5.75 Å². The van der Waals surface area contributed by atoms with Crippen molar-refractivity contribution in [2.24, 2.45) is 0 Å². The first-order valence-electron chi connectivity index (χ1n) is 8.51. The van der Waals surface area contributed by atoms with Crippen LogP contribution in [0.15, 0.2) is 50.4 Å². The Bertz CT molecular complexity index is 1160. The lowest BCUT2D eigenvalue weighted by Crippen LogP contribution is -2.13. The van der Waals surface area contributed by atoms with Gasteiger partial charge in [-0.1, -0.05) is 35.8 Å². The molecule has 0 saturated carbocycles. The van der Waals surface area contributed by atoms with Crippen molar-refractivity contribution >= 4 is 52.9 Å². The highest BCUT2D eigenvalue weighted by molar-refractivity contribution is 9.11. The Kier molecular flexibility index (Phi) is 6.03. The van der Waals surface area contributed by atoms with Crippen LogP contribution in [0.3, 0.4) is 0 Å². The third-order valence-corrected chi connectivity index (χ3v) is 6.88. The first-order valence-corrected chi connectivity index (χ1v) is 11.5. The van der Waals surface area contributed by atoms with E-state index in [1.54, 1.807) is 30.5 Å². The van der Waals surface area contributed by atoms with E-state index < -0.39 is 10.1 Å². The summed E-state index contributed by atoms with van der Waals surface area (Å²) >= 11 is 6.86. The molecular weight excluding hydrogens is 510 g/mol. The van der Waals surface area contributed by atoms with Gasteiger partial charge in [0.1, 0.15) is 16.2 Å². The number of aromatic nitrogens is 1. The molecule has 0 radical (unpaired) electrons. The Labute approximate surface area is 181 Å². The normalized spacial score (nSPS) is 11.8. The standard InChI is InChI=1S/C20H19Br2NO4S/c1-11(2)14-9-18(17(26-4)8-12(14)3)28(24,25)27-20-16(22)10-15(21)13-6-5-7-23-19(13)20/h5-11H,1-4H3. The van der Waals surface area contributed by atoms with Crippen LogP contribution in [-0.4, -0.2) is 20.5 Å². The van der Waals surface area contributed by atoms with Crippen LogP contribution < -0.4 is 8.92 Å². The number of hydrogen-bond acceptors (Lipinski definition) is 5. The zero-order valence-corrected chi connectivity index (χ0v) is 19.8. The summed E-state index contributed by atoms with van der Waals surface area (Å²) in [5, 5.41) is 0.745. The summed E-state index contributed by atoms with van der Waals surface area (Å²) in [5.74, 6) is 0.529. The lowest BCUT2D eigenvalue weighted by Gasteiger charge is -2.17. The molecule has 0 amide bonds. The minimum Gasteiger partial charge on any atom is -0.495 e. The summed E-state index contributed by atoms with van der Waals surface area (Å²) in [7, 11) is -2.73. The second-order valence-electron chi connectivity index (χ2n) is 6.62. The smallest absolute Gasteiger partial charge is 0.343 e. The molecule has 5 nitrogen and oxygen atoms in total. The van der Waals surface area contributed by atoms with Gasteiger partial charge in [-0.3, -0.25) is 4.98 Å². The number of rotatable bonds is 5. The first-order chi connectivity index (χ1) is 13.2. The summed E-state index contributed by atoms with van der Waals surface area (Å²) in [4.78, 5) is 4.29. The quantitative estimate of drug-likeness (QED) is 0.382. The molecule has 1 aromatic heterocycles. The molecule has 0 unspecified atom stereocenters. The molecule has 0 bridgehead atoms. The molecule has 28 heavy (non-hydrogen) atoms. The molecule has 0 aliphatic carbocycles. The fourth-order valence-electron chi connectivity index (χ4n) is 3.03. The number of halogens is 2. The van der Waals surface area contributed by atoms with E-state index in [0.717, 1.165) is 21.0 Å². The van der Waals surface area contributed by atoms with Gasteiger partial charge in [-0.25, -0.2) is 0 Å². The number of hydrogen-bond donors (Lipinski definition) is 0. The molecule has 0 aliphatic rings. The highest BCUT2D eigenvalue weighted by Crippen LogP contribution is 2.40. The fourth-order valence-corrected chi connectivity index (χ4v) is 5.63. The maximum atomic E-state index is 13.2. The van der Waals surface area contributed by atoms with E-state index in [1.165, 1.54) is 7.11 Å². The Morgan fingerprint density at radius 2 is 1.82 bits per heavy atom. The molecule has 2 aromatic carbocycles. The van der Waals surface area contributed by atoms with Crippen LogP contribution in [0.2, 0.25) is 0 Å². The lowest BCUT2D eigenvalue weighted by molar-refractivity contribution is 0.397. The van der Waals surface area contributed by atoms with Crippen LogP contribution in [0.25, 0.3) is 10.9 Å². The van der Waals surface area contributed by atoms with Gasteiger partial charge in [0.05, 0.1) is 11.6 Å². The second kappa shape index (κ2) is 8.00. The number of nitrogens with zero attached hydrogens (tertiary/aromatic N) is 1. The van der Waals surface area contributed by atoms with Crippen molar-refractivity contribution in [2.75, 3.05) is 7.11 Å². The number of pyridine rings is 1. The number of ether oxygens (including phenoxy) is 1. The number of benzene rings is 2. The third-order valence-electron chi connectivity index (χ3n) is 4.39. The molecule has 0 spiro atoms. The lowest BCUT2D eigenvalue weighted by atomic mass is 9.98. The molecule has 8 heteroatoms. The largest absolute Gasteiger partial charge is 0.495 e. The van der Waals surface area contributed by atoms with Gasteiger partial charge in [-0.05, 0) is 64.2 Å². The molecule has 0 fully saturated rings. The molecule has 148 valence electrons. The third kappa shape index (κ3) is 3.90. The van der Waals surface area contributed by atoms with Gasteiger partial charge in [0.25, 0.3) is 0 Å². The summed E-state index contributed by atoms with van der Waals surface area (Å²) in [6, 6.07) is 8.69. The van der Waals surface area contributed by atoms with Crippen LogP contribution >= 0.6 is 31.9 Å². The molecule has 3 aromatic rings. The molecule has 0 N–H and O–H groups in total. The fraction of sp³-hybridized carbons (Fsp3) is 0.250. The zero-order chi connectivity index (χ0) is 20.6. The van der Waals surface area contributed by atoms with E-state index in [0.29, 0.717) is 9.99 Å². The summed E-state index contributed by atoms with van der Waals surface area (Å²) in [6.45, 7) is 5.95. The Morgan fingerprint density at radius 1 is 1.11 bits per heavy atom. The SMILES string of the molecule is COc1cc(C)c(C(C)C)cc1S(=O)(=O)Oc1c(Br)cc(Br)c2cccnc12. The molecule has 1 heterocycles. The van der Waals surface area contributed by atoms with E-state index >= 15 is 0 Å². The number of methoxy groups -OCH3 is 1. The van der Waals surface area contributed by atoms with Gasteiger partial charge in [0, 0.05) is 16.1 Å². The summed E-state index contributed by atoms with van der Waals surface area (Å²) in [5.41, 5.74) is 2.31. The maximum Gasteiger partial charge on any atom is 0.343 e. The van der Waals surface area contributed by atoms with E-state index in [9.17, 15) is 8.42 Å². The van der Waals surface area contributed by atoms with Crippen molar-refractivity contribution < 1.29 is 17.3 Å². The van der Waals surface area contributed by atoms with E-state index in [2.05, 4.69) is 36.8 Å². The second-order valence-corrected chi connectivity index (χ2v) is 9.84. The van der Waals surface area contributed by atoms with Gasteiger partial charge in [-0.2, -0.15) is 8.42 Å². The Balaban J connectivity index is 2.19. The Morgan fingerprint density at radius 3 is 2.46 bits per heavy atom. The monoisotopic (exact) mass is 527 g/mol. The highest BCUT2D eigenvalue weighted by Gasteiger charge is 2.27. The summed E-state index contributed by atoms with van der Waals surface area (Å²) < 4.78 is 38.5. The molecule has 0 aliphatic heterocycles. The predicted octanol–water partition coefficient (Wildman–Crippen LogP) is 5.97. The van der Waals surface area contributed by atoms with Crippen molar-refractivity contribution in [1.82, 2.24) is 4.98 Å². The van der Waals surface area contributed by atoms with Gasteiger partial charge < -0.3 is 8.92 Å². The Hall–Kier alpha value is -1.64. The zero-order valence-electron chi connectivity index (χ0n) is 15.8. The number of fused-ring (bicyclic) bond motifs is 1.